The van der Waals surface area contributed by atoms with Gasteiger partial charge in [-0.25, -0.2) is 14.2 Å². The van der Waals surface area contributed by atoms with Gasteiger partial charge in [-0.05, 0) is 24.6 Å². The smallest absolute Gasteiger partial charge is 0.339 e. The molecule has 2 aromatic rings. The number of pyridine rings is 1. The number of aromatic carboxylic acids is 1. The molecular weight excluding hydrogens is 306 g/mol. The zero-order valence-electron chi connectivity index (χ0n) is 10.2. The molecule has 0 radical (unpaired) electrons. The second kappa shape index (κ2) is 5.64. The number of aryl methyl sites for hydroxylation is 1. The summed E-state index contributed by atoms with van der Waals surface area (Å²) in [6, 6.07) is 4.22. The lowest BCUT2D eigenvalue weighted by Gasteiger charge is -2.13. The maximum absolute atomic E-state index is 13.1. The Morgan fingerprint density at radius 2 is 2.10 bits per heavy atom. The molecule has 1 aromatic carbocycles. The molecule has 0 aliphatic heterocycles. The van der Waals surface area contributed by atoms with E-state index in [4.69, 9.17) is 28.3 Å². The molecule has 0 saturated carbocycles. The van der Waals surface area contributed by atoms with Gasteiger partial charge >= 0.3 is 5.97 Å². The Morgan fingerprint density at radius 3 is 2.75 bits per heavy atom. The van der Waals surface area contributed by atoms with Crippen molar-refractivity contribution in [3.05, 3.63) is 51.4 Å². The average molecular weight is 315 g/mol. The van der Waals surface area contributed by atoms with Crippen molar-refractivity contribution in [2.75, 3.05) is 5.32 Å². The Kier molecular flexibility index (Phi) is 4.11. The van der Waals surface area contributed by atoms with Crippen LogP contribution in [0.1, 0.15) is 15.9 Å². The SMILES string of the molecule is Cc1ccc(Cl)c(Nc2ncc(F)cc2C(=O)O)c1Cl. The van der Waals surface area contributed by atoms with Crippen molar-refractivity contribution in [1.29, 1.82) is 0 Å². The third kappa shape index (κ3) is 2.84. The number of carboxylic acids is 1. The number of carbonyl (C=O) groups is 1. The number of nitrogens with zero attached hydrogens (tertiary/aromatic N) is 1. The monoisotopic (exact) mass is 314 g/mol. The van der Waals surface area contributed by atoms with Gasteiger partial charge in [-0.2, -0.15) is 0 Å². The first-order chi connectivity index (χ1) is 9.40. The molecule has 2 rings (SSSR count). The molecule has 0 spiro atoms. The lowest BCUT2D eigenvalue weighted by atomic mass is 10.2. The van der Waals surface area contributed by atoms with Crippen LogP contribution < -0.4 is 5.32 Å². The minimum Gasteiger partial charge on any atom is -0.478 e. The van der Waals surface area contributed by atoms with E-state index >= 15 is 0 Å². The van der Waals surface area contributed by atoms with Crippen molar-refractivity contribution in [2.45, 2.75) is 6.92 Å². The van der Waals surface area contributed by atoms with Gasteiger partial charge in [0.15, 0.2) is 0 Å². The maximum Gasteiger partial charge on any atom is 0.339 e. The van der Waals surface area contributed by atoms with Crippen molar-refractivity contribution >= 4 is 40.7 Å². The highest BCUT2D eigenvalue weighted by Crippen LogP contribution is 2.35. The predicted molar refractivity (Wildman–Crippen MR) is 75.6 cm³/mol. The Hall–Kier alpha value is -1.85. The van der Waals surface area contributed by atoms with Crippen LogP contribution in [0.25, 0.3) is 0 Å². The fourth-order valence-electron chi connectivity index (χ4n) is 1.59. The summed E-state index contributed by atoms with van der Waals surface area (Å²) in [5.41, 5.74) is 0.783. The molecule has 0 aliphatic rings. The van der Waals surface area contributed by atoms with E-state index in [2.05, 4.69) is 10.3 Å². The molecule has 7 heteroatoms. The normalized spacial score (nSPS) is 10.4. The maximum atomic E-state index is 13.1. The van der Waals surface area contributed by atoms with E-state index in [-0.39, 0.29) is 11.4 Å². The Bertz CT molecular complexity index is 692. The fraction of sp³-hybridized carbons (Fsp3) is 0.0769. The summed E-state index contributed by atoms with van der Waals surface area (Å²) < 4.78 is 13.1. The molecule has 1 heterocycles. The second-order valence-electron chi connectivity index (χ2n) is 4.03. The van der Waals surface area contributed by atoms with E-state index in [1.807, 2.05) is 0 Å². The fourth-order valence-corrected chi connectivity index (χ4v) is 2.06. The van der Waals surface area contributed by atoms with Crippen LogP contribution in [0.5, 0.6) is 0 Å². The molecule has 4 nitrogen and oxygen atoms in total. The second-order valence-corrected chi connectivity index (χ2v) is 4.82. The molecule has 0 amide bonds. The molecule has 20 heavy (non-hydrogen) atoms. The Morgan fingerprint density at radius 1 is 1.40 bits per heavy atom. The molecule has 0 aliphatic carbocycles. The van der Waals surface area contributed by atoms with E-state index in [0.29, 0.717) is 15.7 Å². The van der Waals surface area contributed by atoms with Gasteiger partial charge in [0.2, 0.25) is 0 Å². The Balaban J connectivity index is 2.51. The van der Waals surface area contributed by atoms with Gasteiger partial charge in [-0.15, -0.1) is 0 Å². The summed E-state index contributed by atoms with van der Waals surface area (Å²) in [6.07, 6.45) is 0.909. The van der Waals surface area contributed by atoms with Crippen molar-refractivity contribution in [3.8, 4) is 0 Å². The van der Waals surface area contributed by atoms with E-state index in [9.17, 15) is 9.18 Å². The first-order valence-electron chi connectivity index (χ1n) is 5.50. The third-order valence-corrected chi connectivity index (χ3v) is 3.41. The molecule has 0 fully saturated rings. The van der Waals surface area contributed by atoms with Crippen LogP contribution >= 0.6 is 23.2 Å². The van der Waals surface area contributed by atoms with Gasteiger partial charge in [0, 0.05) is 0 Å². The van der Waals surface area contributed by atoms with E-state index in [0.717, 1.165) is 17.8 Å². The number of benzene rings is 1. The molecule has 1 aromatic heterocycles. The number of nitrogens with one attached hydrogen (secondary N) is 1. The summed E-state index contributed by atoms with van der Waals surface area (Å²) >= 11 is 12.1. The number of hydrogen-bond acceptors (Lipinski definition) is 3. The summed E-state index contributed by atoms with van der Waals surface area (Å²) in [5.74, 6) is -2.08. The van der Waals surface area contributed by atoms with Gasteiger partial charge in [0.05, 0.1) is 21.9 Å². The summed E-state index contributed by atoms with van der Waals surface area (Å²) in [4.78, 5) is 14.8. The lowest BCUT2D eigenvalue weighted by Crippen LogP contribution is -2.06. The molecule has 0 atom stereocenters. The molecule has 0 saturated heterocycles. The zero-order valence-corrected chi connectivity index (χ0v) is 11.8. The van der Waals surface area contributed by atoms with Gasteiger partial charge in [-0.1, -0.05) is 29.3 Å². The quantitative estimate of drug-likeness (QED) is 0.887. The van der Waals surface area contributed by atoms with Crippen molar-refractivity contribution < 1.29 is 14.3 Å². The number of anilines is 2. The number of carboxylic acid groups (broad SMARTS) is 1. The predicted octanol–water partition coefficient (Wildman–Crippen LogP) is 4.28. The summed E-state index contributed by atoms with van der Waals surface area (Å²) in [6.45, 7) is 1.78. The molecular formula is C13H9Cl2FN2O2. The molecule has 0 bridgehead atoms. The number of rotatable bonds is 3. The topological polar surface area (TPSA) is 62.2 Å². The van der Waals surface area contributed by atoms with Crippen molar-refractivity contribution in [3.63, 3.8) is 0 Å². The van der Waals surface area contributed by atoms with Crippen LogP contribution in [0.3, 0.4) is 0 Å². The van der Waals surface area contributed by atoms with Crippen molar-refractivity contribution in [1.82, 2.24) is 4.98 Å². The average Bonchev–Trinajstić information content (AvgIpc) is 2.40. The number of aromatic nitrogens is 1. The van der Waals surface area contributed by atoms with Gasteiger partial charge in [0.25, 0.3) is 0 Å². The van der Waals surface area contributed by atoms with Gasteiger partial charge < -0.3 is 10.4 Å². The van der Waals surface area contributed by atoms with Crippen LogP contribution in [0, 0.1) is 12.7 Å². The van der Waals surface area contributed by atoms with E-state index < -0.39 is 11.8 Å². The molecule has 2 N–H and O–H groups in total. The number of halogens is 3. The minimum atomic E-state index is -1.31. The van der Waals surface area contributed by atoms with Crippen molar-refractivity contribution in [2.24, 2.45) is 0 Å². The first kappa shape index (κ1) is 14.6. The summed E-state index contributed by atoms with van der Waals surface area (Å²) in [7, 11) is 0. The van der Waals surface area contributed by atoms with Crippen LogP contribution in [-0.4, -0.2) is 16.1 Å². The molecule has 104 valence electrons. The van der Waals surface area contributed by atoms with Crippen LogP contribution in [0.4, 0.5) is 15.9 Å². The van der Waals surface area contributed by atoms with Gasteiger partial charge in [0.1, 0.15) is 17.2 Å². The van der Waals surface area contributed by atoms with Crippen LogP contribution in [0.15, 0.2) is 24.4 Å². The van der Waals surface area contributed by atoms with Crippen LogP contribution in [0.2, 0.25) is 10.0 Å². The highest BCUT2D eigenvalue weighted by atomic mass is 35.5. The van der Waals surface area contributed by atoms with E-state index in [1.165, 1.54) is 0 Å². The van der Waals surface area contributed by atoms with E-state index in [1.54, 1.807) is 19.1 Å². The number of hydrogen-bond donors (Lipinski definition) is 2. The highest BCUT2D eigenvalue weighted by Gasteiger charge is 2.16. The lowest BCUT2D eigenvalue weighted by molar-refractivity contribution is 0.0697. The molecule has 0 unspecified atom stereocenters. The Labute approximate surface area is 124 Å². The largest absolute Gasteiger partial charge is 0.478 e. The zero-order chi connectivity index (χ0) is 14.9. The van der Waals surface area contributed by atoms with Crippen LogP contribution in [-0.2, 0) is 0 Å². The highest BCUT2D eigenvalue weighted by molar-refractivity contribution is 6.39. The first-order valence-corrected chi connectivity index (χ1v) is 6.26. The minimum absolute atomic E-state index is 0.0340. The standard InChI is InChI=1S/C13H9Cl2FN2O2/c1-6-2-3-9(14)11(10(6)15)18-12-8(13(19)20)4-7(16)5-17-12/h2-5H,1H3,(H,17,18)(H,19,20). The van der Waals surface area contributed by atoms with Gasteiger partial charge in [-0.3, -0.25) is 0 Å². The summed E-state index contributed by atoms with van der Waals surface area (Å²) in [5, 5.41) is 12.4. The third-order valence-electron chi connectivity index (χ3n) is 2.61.